The minimum absolute atomic E-state index is 0.219. The fourth-order valence-electron chi connectivity index (χ4n) is 4.75. The summed E-state index contributed by atoms with van der Waals surface area (Å²) in [5.41, 5.74) is 4.22. The lowest BCUT2D eigenvalue weighted by Gasteiger charge is -2.17. The second-order valence-electron chi connectivity index (χ2n) is 9.05. The first-order valence-corrected chi connectivity index (χ1v) is 13.0. The number of nitrogens with zero attached hydrogens (tertiary/aromatic N) is 4. The fraction of sp³-hybridized carbons (Fsp3) is 0.172. The van der Waals surface area contributed by atoms with Crippen LogP contribution >= 0.6 is 11.3 Å². The number of hydrogen-bond acceptors (Lipinski definition) is 8. The first kappa shape index (κ1) is 24.6. The van der Waals surface area contributed by atoms with Gasteiger partial charge in [0.05, 0.1) is 39.1 Å². The molecule has 6 rings (SSSR count). The third kappa shape index (κ3) is 4.00. The molecule has 2 aromatic heterocycles. The van der Waals surface area contributed by atoms with Crippen LogP contribution in [0.3, 0.4) is 0 Å². The third-order valence-corrected chi connectivity index (χ3v) is 7.72. The predicted molar refractivity (Wildman–Crippen MR) is 149 cm³/mol. The number of benzene rings is 3. The Morgan fingerprint density at radius 2 is 1.59 bits per heavy atom. The van der Waals surface area contributed by atoms with E-state index in [0.717, 1.165) is 33.7 Å². The molecule has 196 valence electrons. The molecule has 0 fully saturated rings. The largest absolute Gasteiger partial charge is 0.493 e. The summed E-state index contributed by atoms with van der Waals surface area (Å²) in [6.07, 6.45) is 0. The van der Waals surface area contributed by atoms with Crippen molar-refractivity contribution in [2.45, 2.75) is 13.5 Å². The average molecular weight is 541 g/mol. The van der Waals surface area contributed by atoms with Crippen molar-refractivity contribution in [3.63, 3.8) is 0 Å². The molecule has 0 saturated carbocycles. The molecule has 0 spiro atoms. The Kier molecular flexibility index (Phi) is 6.03. The number of para-hydroxylation sites is 1. The van der Waals surface area contributed by atoms with Gasteiger partial charge in [-0.25, -0.2) is 0 Å². The lowest BCUT2D eigenvalue weighted by atomic mass is 10.1. The number of anilines is 1. The lowest BCUT2D eigenvalue weighted by molar-refractivity contribution is -0.113. The number of aryl methyl sites for hydroxylation is 1. The second kappa shape index (κ2) is 9.55. The van der Waals surface area contributed by atoms with Crippen LogP contribution < -0.4 is 29.2 Å². The quantitative estimate of drug-likeness (QED) is 0.325. The number of aromatic nitrogens is 3. The van der Waals surface area contributed by atoms with Crippen molar-refractivity contribution in [1.82, 2.24) is 14.6 Å². The summed E-state index contributed by atoms with van der Waals surface area (Å²) in [5.74, 6) is 1.45. The molecule has 9 nitrogen and oxygen atoms in total. The molecule has 0 saturated heterocycles. The van der Waals surface area contributed by atoms with Gasteiger partial charge in [-0.05, 0) is 30.7 Å². The van der Waals surface area contributed by atoms with Gasteiger partial charge in [0, 0.05) is 11.1 Å². The van der Waals surface area contributed by atoms with Crippen LogP contribution in [0.25, 0.3) is 21.9 Å². The number of fused-ring (bicyclic) bond motifs is 2. The molecule has 1 amide bonds. The zero-order chi connectivity index (χ0) is 27.3. The van der Waals surface area contributed by atoms with E-state index >= 15 is 0 Å². The number of amides is 1. The number of ether oxygens (including phenoxy) is 3. The number of thiazole rings is 1. The molecule has 1 aliphatic heterocycles. The summed E-state index contributed by atoms with van der Waals surface area (Å²) in [4.78, 5) is 34.0. The van der Waals surface area contributed by atoms with E-state index in [0.29, 0.717) is 50.2 Å². The van der Waals surface area contributed by atoms with Crippen LogP contribution in [0, 0.1) is 6.92 Å². The normalized spacial score (nSPS) is 14.2. The van der Waals surface area contributed by atoms with Crippen LogP contribution in [0.2, 0.25) is 0 Å². The first-order valence-electron chi connectivity index (χ1n) is 12.1. The molecular weight excluding hydrogens is 516 g/mol. The molecule has 0 bridgehead atoms. The summed E-state index contributed by atoms with van der Waals surface area (Å²) in [5, 5.41) is 4.47. The highest BCUT2D eigenvalue weighted by Gasteiger charge is 2.34. The Hall–Kier alpha value is -4.70. The summed E-state index contributed by atoms with van der Waals surface area (Å²) in [6.45, 7) is 2.43. The van der Waals surface area contributed by atoms with Crippen molar-refractivity contribution in [2.24, 2.45) is 0 Å². The van der Waals surface area contributed by atoms with E-state index in [4.69, 9.17) is 14.2 Å². The Morgan fingerprint density at radius 1 is 0.897 bits per heavy atom. The van der Waals surface area contributed by atoms with E-state index in [2.05, 4.69) is 10.1 Å². The second-order valence-corrected chi connectivity index (χ2v) is 10.0. The molecule has 3 aromatic carbocycles. The van der Waals surface area contributed by atoms with Crippen LogP contribution in [-0.2, 0) is 11.3 Å². The zero-order valence-electron chi connectivity index (χ0n) is 21.7. The molecule has 0 unspecified atom stereocenters. The van der Waals surface area contributed by atoms with Crippen molar-refractivity contribution >= 4 is 33.5 Å². The number of methoxy groups -OCH3 is 3. The summed E-state index contributed by atoms with van der Waals surface area (Å²) >= 11 is 1.15. The topological polar surface area (TPSA) is 95.3 Å². The Morgan fingerprint density at radius 3 is 2.23 bits per heavy atom. The average Bonchev–Trinajstić information content (AvgIpc) is 3.59. The van der Waals surface area contributed by atoms with Gasteiger partial charge in [0.15, 0.2) is 17.3 Å². The maximum Gasteiger partial charge on any atom is 0.291 e. The smallest absolute Gasteiger partial charge is 0.291 e. The Bertz CT molecular complexity index is 1830. The fourth-order valence-corrected chi connectivity index (χ4v) is 5.75. The van der Waals surface area contributed by atoms with Gasteiger partial charge in [-0.2, -0.15) is 9.50 Å². The van der Waals surface area contributed by atoms with E-state index in [9.17, 15) is 9.59 Å². The number of hydrogen-bond donors (Lipinski definition) is 0. The number of carbonyl (C=O) groups excluding carboxylic acids is 1. The van der Waals surface area contributed by atoms with Crippen molar-refractivity contribution in [3.05, 3.63) is 92.2 Å². The highest BCUT2D eigenvalue weighted by Crippen LogP contribution is 2.41. The molecule has 0 atom stereocenters. The van der Waals surface area contributed by atoms with Crippen molar-refractivity contribution in [2.75, 3.05) is 26.2 Å². The third-order valence-electron chi connectivity index (χ3n) is 6.69. The SMILES string of the molecule is COc1cc(-c2nc3s/c(=C4\C(=O)N(Cc5ccc(C)cc5)c5ccccc54)c(=O)n3n2)cc(OC)c1OC. The van der Waals surface area contributed by atoms with Gasteiger partial charge in [0.25, 0.3) is 11.5 Å². The van der Waals surface area contributed by atoms with Gasteiger partial charge < -0.3 is 19.1 Å². The van der Waals surface area contributed by atoms with Crippen LogP contribution in [-0.4, -0.2) is 41.8 Å². The lowest BCUT2D eigenvalue weighted by Crippen LogP contribution is -2.32. The Labute approximate surface area is 227 Å². The molecule has 0 radical (unpaired) electrons. The van der Waals surface area contributed by atoms with Crippen LogP contribution in [0.5, 0.6) is 17.2 Å². The molecule has 1 aliphatic rings. The maximum atomic E-state index is 13.7. The van der Waals surface area contributed by atoms with Gasteiger partial charge in [-0.15, -0.1) is 5.10 Å². The Balaban J connectivity index is 1.46. The first-order chi connectivity index (χ1) is 18.9. The molecule has 5 aromatic rings. The monoisotopic (exact) mass is 540 g/mol. The van der Waals surface area contributed by atoms with E-state index in [1.54, 1.807) is 17.0 Å². The minimum Gasteiger partial charge on any atom is -0.493 e. The van der Waals surface area contributed by atoms with Crippen molar-refractivity contribution in [3.8, 4) is 28.6 Å². The van der Waals surface area contributed by atoms with Gasteiger partial charge >= 0.3 is 0 Å². The molecule has 39 heavy (non-hydrogen) atoms. The highest BCUT2D eigenvalue weighted by molar-refractivity contribution is 7.15. The van der Waals surface area contributed by atoms with Gasteiger partial charge in [-0.1, -0.05) is 59.4 Å². The molecular formula is C29H24N4O5S. The number of carbonyl (C=O) groups is 1. The minimum atomic E-state index is -0.392. The van der Waals surface area contributed by atoms with Gasteiger partial charge in [0.1, 0.15) is 4.53 Å². The predicted octanol–water partition coefficient (Wildman–Crippen LogP) is 3.62. The molecule has 3 heterocycles. The summed E-state index contributed by atoms with van der Waals surface area (Å²) in [7, 11) is 4.58. The van der Waals surface area contributed by atoms with Crippen LogP contribution in [0.15, 0.2) is 65.5 Å². The van der Waals surface area contributed by atoms with E-state index in [1.807, 2.05) is 55.5 Å². The van der Waals surface area contributed by atoms with Crippen molar-refractivity contribution in [1.29, 1.82) is 0 Å². The van der Waals surface area contributed by atoms with Gasteiger partial charge in [-0.3, -0.25) is 9.59 Å². The summed E-state index contributed by atoms with van der Waals surface area (Å²) in [6, 6.07) is 19.0. The number of rotatable bonds is 6. The standard InChI is InChI=1S/C29H24N4O5S/c1-16-9-11-17(12-10-16)15-32-20-8-6-5-7-19(20)23(27(32)34)25-28(35)33-29(39-25)30-26(31-33)18-13-21(36-2)24(38-4)22(14-18)37-3/h5-14H,15H2,1-4H3/b25-23-. The van der Waals surface area contributed by atoms with Crippen LogP contribution in [0.1, 0.15) is 16.7 Å². The molecule has 10 heteroatoms. The maximum absolute atomic E-state index is 13.7. The molecule has 0 aliphatic carbocycles. The van der Waals surface area contributed by atoms with E-state index < -0.39 is 5.56 Å². The van der Waals surface area contributed by atoms with Crippen LogP contribution in [0.4, 0.5) is 5.69 Å². The van der Waals surface area contributed by atoms with E-state index in [-0.39, 0.29) is 5.91 Å². The summed E-state index contributed by atoms with van der Waals surface area (Å²) < 4.78 is 17.8. The van der Waals surface area contributed by atoms with Crippen molar-refractivity contribution < 1.29 is 19.0 Å². The molecule has 0 N–H and O–H groups in total. The van der Waals surface area contributed by atoms with E-state index in [1.165, 1.54) is 25.8 Å². The van der Waals surface area contributed by atoms with Gasteiger partial charge in [0.2, 0.25) is 10.7 Å². The zero-order valence-corrected chi connectivity index (χ0v) is 22.5. The highest BCUT2D eigenvalue weighted by atomic mass is 32.1.